The van der Waals surface area contributed by atoms with Crippen molar-refractivity contribution in [2.45, 2.75) is 32.6 Å². The summed E-state index contributed by atoms with van der Waals surface area (Å²) >= 11 is 7.17. The van der Waals surface area contributed by atoms with Crippen LogP contribution in [0.1, 0.15) is 51.3 Å². The van der Waals surface area contributed by atoms with E-state index >= 15 is 0 Å². The van der Waals surface area contributed by atoms with Crippen molar-refractivity contribution in [3.8, 4) is 0 Å². The molecule has 0 unspecified atom stereocenters. The largest absolute Gasteiger partial charge is 0.339 e. The molecule has 9 heteroatoms. The zero-order chi connectivity index (χ0) is 22.8. The van der Waals surface area contributed by atoms with Crippen LogP contribution < -0.4 is 5.32 Å². The van der Waals surface area contributed by atoms with Gasteiger partial charge in [0.15, 0.2) is 0 Å². The fourth-order valence-corrected chi connectivity index (χ4v) is 5.60. The van der Waals surface area contributed by atoms with Gasteiger partial charge in [0.2, 0.25) is 5.91 Å². The maximum Gasteiger partial charge on any atom is 0.264 e. The molecule has 1 aliphatic carbocycles. The summed E-state index contributed by atoms with van der Waals surface area (Å²) in [6, 6.07) is 5.33. The first kappa shape index (κ1) is 22.7. The smallest absolute Gasteiger partial charge is 0.264 e. The highest BCUT2D eigenvalue weighted by Crippen LogP contribution is 2.30. The lowest BCUT2D eigenvalue weighted by atomic mass is 10.1. The molecule has 2 aliphatic rings. The Balaban J connectivity index is 1.37. The molecule has 0 atom stereocenters. The van der Waals surface area contributed by atoms with Gasteiger partial charge in [0, 0.05) is 32.1 Å². The van der Waals surface area contributed by atoms with E-state index in [9.17, 15) is 18.8 Å². The Kier molecular flexibility index (Phi) is 6.81. The number of piperazine rings is 1. The summed E-state index contributed by atoms with van der Waals surface area (Å²) in [7, 11) is 0. The van der Waals surface area contributed by atoms with E-state index in [1.165, 1.54) is 23.5 Å². The van der Waals surface area contributed by atoms with Crippen LogP contribution in [0.25, 0.3) is 0 Å². The molecule has 4 rings (SSSR count). The number of benzene rings is 1. The molecule has 1 aromatic carbocycles. The molecule has 3 amide bonds. The van der Waals surface area contributed by atoms with Crippen LogP contribution in [0, 0.1) is 18.7 Å². The highest BCUT2D eigenvalue weighted by atomic mass is 35.5. The minimum atomic E-state index is -0.517. The van der Waals surface area contributed by atoms with Crippen LogP contribution in [0.2, 0.25) is 5.02 Å². The summed E-state index contributed by atoms with van der Waals surface area (Å²) in [6.45, 7) is 3.93. The van der Waals surface area contributed by atoms with Gasteiger partial charge in [-0.1, -0.05) is 24.4 Å². The lowest BCUT2D eigenvalue weighted by Gasteiger charge is -2.36. The third-order valence-corrected chi connectivity index (χ3v) is 7.56. The molecule has 0 radical (unpaired) electrons. The van der Waals surface area contributed by atoms with Crippen molar-refractivity contribution in [1.29, 1.82) is 0 Å². The minimum absolute atomic E-state index is 0.0251. The number of nitrogens with zero attached hydrogens (tertiary/aromatic N) is 2. The monoisotopic (exact) mass is 477 g/mol. The van der Waals surface area contributed by atoms with Crippen LogP contribution in [0.15, 0.2) is 24.3 Å². The number of hydrogen-bond acceptors (Lipinski definition) is 4. The Morgan fingerprint density at radius 1 is 1.06 bits per heavy atom. The van der Waals surface area contributed by atoms with Crippen LogP contribution in [0.5, 0.6) is 0 Å². The molecule has 1 N–H and O–H groups in total. The summed E-state index contributed by atoms with van der Waals surface area (Å²) in [4.78, 5) is 42.4. The van der Waals surface area contributed by atoms with Crippen LogP contribution in [-0.4, -0.2) is 53.7 Å². The molecular weight excluding hydrogens is 453 g/mol. The van der Waals surface area contributed by atoms with Crippen LogP contribution in [0.3, 0.4) is 0 Å². The second-order valence-corrected chi connectivity index (χ2v) is 9.76. The van der Waals surface area contributed by atoms with E-state index in [1.807, 2.05) is 11.8 Å². The first-order valence-electron chi connectivity index (χ1n) is 10.8. The minimum Gasteiger partial charge on any atom is -0.339 e. The van der Waals surface area contributed by atoms with E-state index in [0.29, 0.717) is 36.1 Å². The lowest BCUT2D eigenvalue weighted by Crippen LogP contribution is -2.51. The van der Waals surface area contributed by atoms with E-state index in [1.54, 1.807) is 11.0 Å². The van der Waals surface area contributed by atoms with Crippen LogP contribution >= 0.6 is 22.9 Å². The fourth-order valence-electron chi connectivity index (χ4n) is 4.31. The van der Waals surface area contributed by atoms with Gasteiger partial charge in [0.1, 0.15) is 5.82 Å². The van der Waals surface area contributed by atoms with Gasteiger partial charge in [-0.3, -0.25) is 14.4 Å². The molecule has 1 aliphatic heterocycles. The number of halogens is 2. The Morgan fingerprint density at radius 2 is 1.72 bits per heavy atom. The van der Waals surface area contributed by atoms with Crippen molar-refractivity contribution in [1.82, 2.24) is 9.80 Å². The zero-order valence-electron chi connectivity index (χ0n) is 17.8. The van der Waals surface area contributed by atoms with E-state index in [0.717, 1.165) is 37.3 Å². The summed E-state index contributed by atoms with van der Waals surface area (Å²) < 4.78 is 13.2. The number of aryl methyl sites for hydroxylation is 1. The second-order valence-electron chi connectivity index (χ2n) is 8.30. The van der Waals surface area contributed by atoms with Crippen LogP contribution in [-0.2, 0) is 4.79 Å². The number of nitrogens with one attached hydrogen (secondary N) is 1. The third kappa shape index (κ3) is 4.81. The fraction of sp³-hybridized carbons (Fsp3) is 0.435. The van der Waals surface area contributed by atoms with E-state index in [-0.39, 0.29) is 28.3 Å². The molecule has 1 saturated heterocycles. The maximum absolute atomic E-state index is 13.2. The summed E-state index contributed by atoms with van der Waals surface area (Å²) in [5.41, 5.74) is 0.931. The molecule has 0 spiro atoms. The van der Waals surface area contributed by atoms with Gasteiger partial charge in [-0.15, -0.1) is 11.3 Å². The highest BCUT2D eigenvalue weighted by Gasteiger charge is 2.31. The standard InChI is InChI=1S/C23H25ClFN3O3S/c1-14-12-19(26-21(29)17-7-6-16(25)13-18(17)24)32-20(14)23(31)28-10-8-27(9-11-28)22(30)15-4-2-3-5-15/h6-7,12-13,15H,2-5,8-11H2,1H3,(H,26,29). The van der Waals surface area contributed by atoms with E-state index in [4.69, 9.17) is 11.6 Å². The SMILES string of the molecule is Cc1cc(NC(=O)c2ccc(F)cc2Cl)sc1C(=O)N1CCN(C(=O)C2CCCC2)CC1. The number of hydrogen-bond donors (Lipinski definition) is 1. The molecule has 0 bridgehead atoms. The molecule has 2 fully saturated rings. The molecule has 2 heterocycles. The highest BCUT2D eigenvalue weighted by molar-refractivity contribution is 7.18. The number of carbonyl (C=O) groups excluding carboxylic acids is 3. The van der Waals surface area contributed by atoms with Crippen LogP contribution in [0.4, 0.5) is 9.39 Å². The first-order valence-corrected chi connectivity index (χ1v) is 12.0. The molecule has 32 heavy (non-hydrogen) atoms. The lowest BCUT2D eigenvalue weighted by molar-refractivity contribution is -0.136. The zero-order valence-corrected chi connectivity index (χ0v) is 19.4. The van der Waals surface area contributed by atoms with Gasteiger partial charge in [-0.05, 0) is 49.6 Å². The number of rotatable bonds is 4. The third-order valence-electron chi connectivity index (χ3n) is 6.11. The topological polar surface area (TPSA) is 69.7 Å². The van der Waals surface area contributed by atoms with Gasteiger partial charge in [-0.25, -0.2) is 4.39 Å². The van der Waals surface area contributed by atoms with E-state index < -0.39 is 11.7 Å². The number of anilines is 1. The van der Waals surface area contributed by atoms with Crippen molar-refractivity contribution in [2.24, 2.45) is 5.92 Å². The van der Waals surface area contributed by atoms with Gasteiger partial charge < -0.3 is 15.1 Å². The average Bonchev–Trinajstić information content (AvgIpc) is 3.43. The molecule has 1 aromatic heterocycles. The molecule has 170 valence electrons. The van der Waals surface area contributed by atoms with Gasteiger partial charge >= 0.3 is 0 Å². The Morgan fingerprint density at radius 3 is 2.38 bits per heavy atom. The molecule has 2 aromatic rings. The maximum atomic E-state index is 13.2. The Labute approximate surface area is 195 Å². The number of carbonyl (C=O) groups is 3. The van der Waals surface area contributed by atoms with Gasteiger partial charge in [0.05, 0.1) is 20.5 Å². The first-order chi connectivity index (χ1) is 15.3. The van der Waals surface area contributed by atoms with Crippen molar-refractivity contribution < 1.29 is 18.8 Å². The second kappa shape index (κ2) is 9.58. The molecule has 6 nitrogen and oxygen atoms in total. The van der Waals surface area contributed by atoms with Crippen molar-refractivity contribution >= 4 is 45.7 Å². The van der Waals surface area contributed by atoms with Gasteiger partial charge in [-0.2, -0.15) is 0 Å². The number of thiophene rings is 1. The van der Waals surface area contributed by atoms with Crippen molar-refractivity contribution in [3.63, 3.8) is 0 Å². The summed E-state index contributed by atoms with van der Waals surface area (Å²) in [5.74, 6) is -0.699. The predicted molar refractivity (Wildman–Crippen MR) is 123 cm³/mol. The molecule has 1 saturated carbocycles. The average molecular weight is 478 g/mol. The summed E-state index contributed by atoms with van der Waals surface area (Å²) in [6.07, 6.45) is 4.20. The van der Waals surface area contributed by atoms with Crippen molar-refractivity contribution in [3.05, 3.63) is 51.1 Å². The van der Waals surface area contributed by atoms with E-state index in [2.05, 4.69) is 5.32 Å². The normalized spacial score (nSPS) is 17.0. The molecular formula is C23H25ClFN3O3S. The Bertz CT molecular complexity index is 1040. The predicted octanol–water partition coefficient (Wildman–Crippen LogP) is 4.58. The number of amides is 3. The van der Waals surface area contributed by atoms with Gasteiger partial charge in [0.25, 0.3) is 11.8 Å². The quantitative estimate of drug-likeness (QED) is 0.701. The Hall–Kier alpha value is -2.45. The summed E-state index contributed by atoms with van der Waals surface area (Å²) in [5, 5.41) is 3.28. The van der Waals surface area contributed by atoms with Crippen molar-refractivity contribution in [2.75, 3.05) is 31.5 Å².